The quantitative estimate of drug-likeness (QED) is 0.741. The number of nitrogens with zero attached hydrogens (tertiary/aromatic N) is 1. The molecule has 0 fully saturated rings. The van der Waals surface area contributed by atoms with Gasteiger partial charge in [0.15, 0.2) is 0 Å². The highest BCUT2D eigenvalue weighted by atomic mass is 14.9. The lowest BCUT2D eigenvalue weighted by Gasteiger charge is -2.08. The smallest absolute Gasteiger partial charge is 0.103 e. The van der Waals surface area contributed by atoms with Crippen LogP contribution in [-0.2, 0) is 6.42 Å². The maximum Gasteiger partial charge on any atom is 0.103 e. The summed E-state index contributed by atoms with van der Waals surface area (Å²) in [6.45, 7) is 6.55. The fraction of sp³-hybridized carbons (Fsp3) is 0.727. The molecule has 74 valence electrons. The summed E-state index contributed by atoms with van der Waals surface area (Å²) in [5, 5.41) is 0. The first kappa shape index (κ1) is 10.3. The Kier molecular flexibility index (Phi) is 4.00. The van der Waals surface area contributed by atoms with E-state index in [2.05, 4.69) is 23.8 Å². The molecule has 0 aliphatic rings. The molecule has 0 aliphatic carbocycles. The highest BCUT2D eigenvalue weighted by Crippen LogP contribution is 2.13. The molecule has 1 rings (SSSR count). The highest BCUT2D eigenvalue weighted by Gasteiger charge is 2.04. The number of H-pyrrole nitrogens is 1. The van der Waals surface area contributed by atoms with E-state index in [-0.39, 0.29) is 0 Å². The maximum absolute atomic E-state index is 4.19. The topological polar surface area (TPSA) is 28.7 Å². The number of aromatic amines is 1. The zero-order valence-corrected chi connectivity index (χ0v) is 8.93. The SMILES string of the molecule is CCCCC(C)Cc1cnc(C)[nH]1. The van der Waals surface area contributed by atoms with Gasteiger partial charge < -0.3 is 4.98 Å². The van der Waals surface area contributed by atoms with Crippen molar-refractivity contribution in [2.75, 3.05) is 0 Å². The summed E-state index contributed by atoms with van der Waals surface area (Å²) in [6.07, 6.45) is 7.06. The fourth-order valence-electron chi connectivity index (χ4n) is 1.61. The van der Waals surface area contributed by atoms with Gasteiger partial charge in [0.2, 0.25) is 0 Å². The Morgan fingerprint density at radius 1 is 1.54 bits per heavy atom. The average Bonchev–Trinajstić information content (AvgIpc) is 2.48. The lowest BCUT2D eigenvalue weighted by molar-refractivity contribution is 0.499. The van der Waals surface area contributed by atoms with Crippen molar-refractivity contribution in [1.29, 1.82) is 0 Å². The van der Waals surface area contributed by atoms with E-state index in [9.17, 15) is 0 Å². The van der Waals surface area contributed by atoms with E-state index < -0.39 is 0 Å². The molecular weight excluding hydrogens is 160 g/mol. The molecule has 0 aromatic carbocycles. The minimum atomic E-state index is 0.778. The minimum Gasteiger partial charge on any atom is -0.346 e. The third-order valence-corrected chi connectivity index (χ3v) is 2.37. The van der Waals surface area contributed by atoms with E-state index >= 15 is 0 Å². The first-order valence-electron chi connectivity index (χ1n) is 5.22. The van der Waals surface area contributed by atoms with Gasteiger partial charge >= 0.3 is 0 Å². The van der Waals surface area contributed by atoms with Crippen LogP contribution >= 0.6 is 0 Å². The molecule has 0 saturated heterocycles. The Morgan fingerprint density at radius 2 is 2.31 bits per heavy atom. The van der Waals surface area contributed by atoms with Crippen LogP contribution in [0, 0.1) is 12.8 Å². The Morgan fingerprint density at radius 3 is 2.85 bits per heavy atom. The summed E-state index contributed by atoms with van der Waals surface area (Å²) in [7, 11) is 0. The van der Waals surface area contributed by atoms with Gasteiger partial charge in [-0.1, -0.05) is 33.1 Å². The van der Waals surface area contributed by atoms with Crippen LogP contribution in [0.5, 0.6) is 0 Å². The van der Waals surface area contributed by atoms with Crippen LogP contribution in [0.3, 0.4) is 0 Å². The van der Waals surface area contributed by atoms with Crippen LogP contribution in [0.2, 0.25) is 0 Å². The zero-order chi connectivity index (χ0) is 9.68. The molecule has 13 heavy (non-hydrogen) atoms. The standard InChI is InChI=1S/C11H20N2/c1-4-5-6-9(2)7-11-8-12-10(3)13-11/h8-9H,4-7H2,1-3H3,(H,12,13). The highest BCUT2D eigenvalue weighted by molar-refractivity contribution is 5.00. The zero-order valence-electron chi connectivity index (χ0n) is 8.93. The summed E-state index contributed by atoms with van der Waals surface area (Å²) in [5.74, 6) is 1.80. The molecule has 0 radical (unpaired) electrons. The molecule has 1 unspecified atom stereocenters. The fourth-order valence-corrected chi connectivity index (χ4v) is 1.61. The summed E-state index contributed by atoms with van der Waals surface area (Å²) in [4.78, 5) is 7.47. The van der Waals surface area contributed by atoms with Crippen LogP contribution in [0.25, 0.3) is 0 Å². The largest absolute Gasteiger partial charge is 0.346 e. The number of imidazole rings is 1. The molecule has 0 amide bonds. The Hall–Kier alpha value is -0.790. The number of hydrogen-bond donors (Lipinski definition) is 1. The number of unbranched alkanes of at least 4 members (excludes halogenated alkanes) is 1. The predicted molar refractivity (Wildman–Crippen MR) is 55.7 cm³/mol. The number of aromatic nitrogens is 2. The molecule has 1 atom stereocenters. The van der Waals surface area contributed by atoms with Gasteiger partial charge in [0.05, 0.1) is 0 Å². The molecule has 0 bridgehead atoms. The lowest BCUT2D eigenvalue weighted by atomic mass is 9.99. The van der Waals surface area contributed by atoms with Crippen molar-refractivity contribution in [3.8, 4) is 0 Å². The van der Waals surface area contributed by atoms with E-state index in [0.717, 1.165) is 18.2 Å². The van der Waals surface area contributed by atoms with E-state index in [1.54, 1.807) is 0 Å². The Labute approximate surface area is 80.8 Å². The number of hydrogen-bond acceptors (Lipinski definition) is 1. The van der Waals surface area contributed by atoms with E-state index in [1.807, 2.05) is 13.1 Å². The van der Waals surface area contributed by atoms with Crippen LogP contribution in [-0.4, -0.2) is 9.97 Å². The maximum atomic E-state index is 4.19. The number of aryl methyl sites for hydroxylation is 1. The van der Waals surface area contributed by atoms with Gasteiger partial charge in [0.1, 0.15) is 5.82 Å². The second-order valence-electron chi connectivity index (χ2n) is 3.95. The van der Waals surface area contributed by atoms with Gasteiger partial charge in [-0.15, -0.1) is 0 Å². The molecule has 0 saturated carbocycles. The third kappa shape index (κ3) is 3.62. The second-order valence-corrected chi connectivity index (χ2v) is 3.95. The molecule has 1 aromatic heterocycles. The molecule has 1 aromatic rings. The van der Waals surface area contributed by atoms with Crippen LogP contribution in [0.1, 0.15) is 44.6 Å². The van der Waals surface area contributed by atoms with Crippen molar-refractivity contribution < 1.29 is 0 Å². The van der Waals surface area contributed by atoms with Gasteiger partial charge in [0, 0.05) is 11.9 Å². The van der Waals surface area contributed by atoms with Crippen LogP contribution in [0.15, 0.2) is 6.20 Å². The van der Waals surface area contributed by atoms with E-state index in [1.165, 1.54) is 25.0 Å². The van der Waals surface area contributed by atoms with E-state index in [0.29, 0.717) is 0 Å². The van der Waals surface area contributed by atoms with Crippen LogP contribution in [0.4, 0.5) is 0 Å². The molecular formula is C11H20N2. The number of nitrogens with one attached hydrogen (secondary N) is 1. The van der Waals surface area contributed by atoms with Crippen molar-refractivity contribution in [2.24, 2.45) is 5.92 Å². The van der Waals surface area contributed by atoms with Crippen LogP contribution < -0.4 is 0 Å². The van der Waals surface area contributed by atoms with Crippen molar-refractivity contribution in [2.45, 2.75) is 46.5 Å². The molecule has 0 aliphatic heterocycles. The predicted octanol–water partition coefficient (Wildman–Crippen LogP) is 3.09. The Balaban J connectivity index is 2.31. The van der Waals surface area contributed by atoms with Crippen molar-refractivity contribution in [3.05, 3.63) is 17.7 Å². The third-order valence-electron chi connectivity index (χ3n) is 2.37. The van der Waals surface area contributed by atoms with Gasteiger partial charge in [-0.3, -0.25) is 0 Å². The number of rotatable bonds is 5. The van der Waals surface area contributed by atoms with Crippen molar-refractivity contribution in [1.82, 2.24) is 9.97 Å². The summed E-state index contributed by atoms with van der Waals surface area (Å²) in [5.41, 5.74) is 1.28. The first-order valence-corrected chi connectivity index (χ1v) is 5.22. The molecule has 2 nitrogen and oxygen atoms in total. The van der Waals surface area contributed by atoms with E-state index in [4.69, 9.17) is 0 Å². The Bertz CT molecular complexity index is 240. The monoisotopic (exact) mass is 180 g/mol. The normalized spacial score (nSPS) is 13.2. The van der Waals surface area contributed by atoms with Gasteiger partial charge in [-0.25, -0.2) is 4.98 Å². The molecule has 2 heteroatoms. The first-order chi connectivity index (χ1) is 6.22. The molecule has 1 heterocycles. The van der Waals surface area contributed by atoms with Gasteiger partial charge in [-0.05, 0) is 19.3 Å². The van der Waals surface area contributed by atoms with Gasteiger partial charge in [0.25, 0.3) is 0 Å². The molecule has 1 N–H and O–H groups in total. The second kappa shape index (κ2) is 5.05. The summed E-state index contributed by atoms with van der Waals surface area (Å²) in [6, 6.07) is 0. The lowest BCUT2D eigenvalue weighted by Crippen LogP contribution is -1.99. The van der Waals surface area contributed by atoms with Crippen molar-refractivity contribution >= 4 is 0 Å². The molecule has 0 spiro atoms. The average molecular weight is 180 g/mol. The van der Waals surface area contributed by atoms with Gasteiger partial charge in [-0.2, -0.15) is 0 Å². The summed E-state index contributed by atoms with van der Waals surface area (Å²) >= 11 is 0. The van der Waals surface area contributed by atoms with Crippen molar-refractivity contribution in [3.63, 3.8) is 0 Å². The minimum absolute atomic E-state index is 0.778. The summed E-state index contributed by atoms with van der Waals surface area (Å²) < 4.78 is 0.